The average molecular weight is 538 g/mol. The Labute approximate surface area is 230 Å². The van der Waals surface area contributed by atoms with Crippen molar-refractivity contribution in [1.29, 1.82) is 0 Å². The molecule has 0 amide bonds. The van der Waals surface area contributed by atoms with Crippen LogP contribution in [0.2, 0.25) is 0 Å². The van der Waals surface area contributed by atoms with Crippen molar-refractivity contribution in [3.8, 4) is 5.69 Å². The average Bonchev–Trinajstić information content (AvgIpc) is 3.25. The third-order valence-corrected chi connectivity index (χ3v) is 6.93. The predicted octanol–water partition coefficient (Wildman–Crippen LogP) is 4.53. The largest absolute Gasteiger partial charge is 0.337 e. The van der Waals surface area contributed by atoms with Crippen molar-refractivity contribution in [3.05, 3.63) is 144 Å². The molecule has 0 bridgehead atoms. The monoisotopic (exact) mass is 537 g/mol. The van der Waals surface area contributed by atoms with Crippen molar-refractivity contribution in [3.63, 3.8) is 0 Å². The fourth-order valence-electron chi connectivity index (χ4n) is 4.97. The topological polar surface area (TPSA) is 123 Å². The predicted molar refractivity (Wildman–Crippen MR) is 161 cm³/mol. The van der Waals surface area contributed by atoms with Crippen molar-refractivity contribution in [2.75, 3.05) is 10.6 Å². The molecule has 2 aromatic heterocycles. The first-order valence-corrected chi connectivity index (χ1v) is 12.8. The van der Waals surface area contributed by atoms with Crippen LogP contribution < -0.4 is 32.6 Å². The molecule has 9 heteroatoms. The molecule has 0 aliphatic heterocycles. The van der Waals surface area contributed by atoms with Gasteiger partial charge < -0.3 is 10.6 Å². The molecular formula is C32H19N5O4. The third kappa shape index (κ3) is 3.95. The van der Waals surface area contributed by atoms with Gasteiger partial charge in [0.1, 0.15) is 11.0 Å². The molecule has 0 fully saturated rings. The highest BCUT2D eigenvalue weighted by Gasteiger charge is 2.21. The molecular weight excluding hydrogens is 518 g/mol. The number of aromatic nitrogens is 3. The van der Waals surface area contributed by atoms with Crippen LogP contribution in [0.15, 0.2) is 122 Å². The van der Waals surface area contributed by atoms with Crippen LogP contribution in [0.25, 0.3) is 38.3 Å². The summed E-state index contributed by atoms with van der Waals surface area (Å²) in [7, 11) is 0. The standard InChI is InChI=1S/C32H19N5O4/c38-27-21-16-23-24(32(41)37(31(23)40)20-14-8-3-9-15-20)17-22(21)28(39)26-25(27)35-29(33-18-10-4-1-5-11-18)30(36-26)34-19-12-6-2-7-13-19/h1-17H,(H,33,35)(H,34,36). The van der Waals surface area contributed by atoms with Crippen LogP contribution in [0.3, 0.4) is 0 Å². The maximum absolute atomic E-state index is 13.8. The summed E-state index contributed by atoms with van der Waals surface area (Å²) in [6, 6.07) is 29.6. The van der Waals surface area contributed by atoms with Gasteiger partial charge in [-0.25, -0.2) is 14.5 Å². The van der Waals surface area contributed by atoms with Gasteiger partial charge in [-0.1, -0.05) is 54.6 Å². The summed E-state index contributed by atoms with van der Waals surface area (Å²) in [5.74, 6) is 0.483. The Bertz CT molecular complexity index is 2180. The van der Waals surface area contributed by atoms with E-state index in [1.165, 1.54) is 12.1 Å². The summed E-state index contributed by atoms with van der Waals surface area (Å²) < 4.78 is 1.04. The first-order chi connectivity index (χ1) is 20.0. The first kappa shape index (κ1) is 24.1. The Morgan fingerprint density at radius 2 is 0.878 bits per heavy atom. The van der Waals surface area contributed by atoms with Gasteiger partial charge in [0.15, 0.2) is 11.6 Å². The molecule has 7 aromatic rings. The molecule has 0 saturated heterocycles. The van der Waals surface area contributed by atoms with Crippen LogP contribution in [-0.2, 0) is 0 Å². The number of hydrogen-bond acceptors (Lipinski definition) is 8. The molecule has 7 rings (SSSR count). The van der Waals surface area contributed by atoms with Gasteiger partial charge >= 0.3 is 0 Å². The number of nitrogens with zero attached hydrogens (tertiary/aromatic N) is 3. The van der Waals surface area contributed by atoms with Gasteiger partial charge in [0.25, 0.3) is 11.1 Å². The van der Waals surface area contributed by atoms with E-state index in [1.54, 1.807) is 30.3 Å². The van der Waals surface area contributed by atoms with Crippen LogP contribution in [0, 0.1) is 0 Å². The molecule has 196 valence electrons. The second-order valence-corrected chi connectivity index (χ2v) is 9.48. The quantitative estimate of drug-likeness (QED) is 0.307. The molecule has 9 nitrogen and oxygen atoms in total. The number of para-hydroxylation sites is 3. The summed E-state index contributed by atoms with van der Waals surface area (Å²) in [5, 5.41) is 6.46. The van der Waals surface area contributed by atoms with E-state index < -0.39 is 22.0 Å². The van der Waals surface area contributed by atoms with Gasteiger partial charge in [-0.3, -0.25) is 19.2 Å². The van der Waals surface area contributed by atoms with Gasteiger partial charge in [0, 0.05) is 22.1 Å². The lowest BCUT2D eigenvalue weighted by molar-refractivity contribution is 0.991. The van der Waals surface area contributed by atoms with E-state index in [1.807, 2.05) is 60.7 Å². The normalized spacial score (nSPS) is 11.3. The smallest absolute Gasteiger partial charge is 0.266 e. The zero-order chi connectivity index (χ0) is 28.1. The fraction of sp³-hybridized carbons (Fsp3) is 0. The van der Waals surface area contributed by atoms with Crippen LogP contribution in [-0.4, -0.2) is 14.5 Å². The summed E-state index contributed by atoms with van der Waals surface area (Å²) >= 11 is 0. The molecule has 2 N–H and O–H groups in total. The summed E-state index contributed by atoms with van der Waals surface area (Å²) in [6.07, 6.45) is 0. The van der Waals surface area contributed by atoms with E-state index in [0.29, 0.717) is 17.1 Å². The minimum absolute atomic E-state index is 0.000964. The molecule has 2 heterocycles. The van der Waals surface area contributed by atoms with Crippen molar-refractivity contribution < 1.29 is 0 Å². The summed E-state index contributed by atoms with van der Waals surface area (Å²) in [6.45, 7) is 0. The zero-order valence-corrected chi connectivity index (χ0v) is 21.3. The maximum atomic E-state index is 13.8. The lowest BCUT2D eigenvalue weighted by Gasteiger charge is -2.13. The number of benzene rings is 5. The van der Waals surface area contributed by atoms with Gasteiger partial charge in [-0.05, 0) is 48.5 Å². The molecule has 0 spiro atoms. The molecule has 0 unspecified atom stereocenters. The molecule has 0 aliphatic rings. The number of rotatable bonds is 5. The van der Waals surface area contributed by atoms with Crippen molar-refractivity contribution in [2.24, 2.45) is 0 Å². The highest BCUT2D eigenvalue weighted by Crippen LogP contribution is 2.27. The van der Waals surface area contributed by atoms with Gasteiger partial charge in [0.05, 0.1) is 16.5 Å². The Morgan fingerprint density at radius 1 is 0.488 bits per heavy atom. The van der Waals surface area contributed by atoms with Crippen LogP contribution in [0.1, 0.15) is 0 Å². The maximum Gasteiger partial charge on any atom is 0.266 e. The Morgan fingerprint density at radius 3 is 1.29 bits per heavy atom. The summed E-state index contributed by atoms with van der Waals surface area (Å²) in [5.41, 5.74) is -0.737. The van der Waals surface area contributed by atoms with Gasteiger partial charge in [0.2, 0.25) is 10.9 Å². The number of nitrogens with one attached hydrogen (secondary N) is 2. The Kier molecular flexibility index (Phi) is 5.50. The van der Waals surface area contributed by atoms with E-state index in [-0.39, 0.29) is 44.2 Å². The highest BCUT2D eigenvalue weighted by atomic mass is 16.2. The van der Waals surface area contributed by atoms with E-state index in [2.05, 4.69) is 20.6 Å². The van der Waals surface area contributed by atoms with Crippen molar-refractivity contribution >= 4 is 55.6 Å². The van der Waals surface area contributed by atoms with Crippen LogP contribution in [0.5, 0.6) is 0 Å². The lowest BCUT2D eigenvalue weighted by Crippen LogP contribution is -2.23. The van der Waals surface area contributed by atoms with Crippen LogP contribution >= 0.6 is 0 Å². The van der Waals surface area contributed by atoms with Crippen LogP contribution in [0.4, 0.5) is 23.0 Å². The van der Waals surface area contributed by atoms with E-state index in [9.17, 15) is 19.2 Å². The minimum atomic E-state index is -0.565. The molecule has 0 aliphatic carbocycles. The lowest BCUT2D eigenvalue weighted by atomic mass is 10.0. The number of anilines is 4. The van der Waals surface area contributed by atoms with E-state index in [4.69, 9.17) is 0 Å². The molecule has 0 atom stereocenters. The molecule has 5 aromatic carbocycles. The molecule has 0 saturated carbocycles. The number of fused-ring (bicyclic) bond motifs is 3. The third-order valence-electron chi connectivity index (χ3n) is 6.93. The first-order valence-electron chi connectivity index (χ1n) is 12.8. The second-order valence-electron chi connectivity index (χ2n) is 9.48. The number of hydrogen-bond donors (Lipinski definition) is 2. The zero-order valence-electron chi connectivity index (χ0n) is 21.3. The second kappa shape index (κ2) is 9.35. The highest BCUT2D eigenvalue weighted by molar-refractivity contribution is 6.03. The Hall–Kier alpha value is -5.96. The van der Waals surface area contributed by atoms with Gasteiger partial charge in [-0.15, -0.1) is 0 Å². The molecule has 0 radical (unpaired) electrons. The fourth-order valence-corrected chi connectivity index (χ4v) is 4.97. The minimum Gasteiger partial charge on any atom is -0.337 e. The van der Waals surface area contributed by atoms with Crippen molar-refractivity contribution in [1.82, 2.24) is 14.5 Å². The van der Waals surface area contributed by atoms with Crippen molar-refractivity contribution in [2.45, 2.75) is 0 Å². The molecule has 41 heavy (non-hydrogen) atoms. The van der Waals surface area contributed by atoms with Gasteiger partial charge in [-0.2, -0.15) is 0 Å². The SMILES string of the molecule is O=c1c2cc3c(=O)n(-c4ccccc4)c(=O)c3cc2c(=O)c2nc(Nc3ccccc3)c(Nc3ccccc3)nc12. The van der Waals surface area contributed by atoms with E-state index >= 15 is 0 Å². The Balaban J connectivity index is 1.51. The van der Waals surface area contributed by atoms with E-state index in [0.717, 1.165) is 4.57 Å². The summed E-state index contributed by atoms with van der Waals surface area (Å²) in [4.78, 5) is 63.2.